The highest BCUT2D eigenvalue weighted by atomic mass is 16.7. The fourth-order valence-corrected chi connectivity index (χ4v) is 2.04. The number of amides is 1. The lowest BCUT2D eigenvalue weighted by atomic mass is 9.89. The van der Waals surface area contributed by atoms with Crippen LogP contribution in [0.5, 0.6) is 0 Å². The molecule has 0 bridgehead atoms. The SMILES string of the molecule is COC1OC(C)(C)[C@H](OC)C(OC(N)=O)[C@@H]1O. The first kappa shape index (κ1) is 14.2. The van der Waals surface area contributed by atoms with Gasteiger partial charge in [-0.3, -0.25) is 0 Å². The number of aliphatic hydroxyl groups excluding tert-OH is 1. The van der Waals surface area contributed by atoms with Gasteiger partial charge in [0.25, 0.3) is 0 Å². The predicted octanol–water partition coefficient (Wildman–Crippen LogP) is -0.392. The van der Waals surface area contributed by atoms with Gasteiger partial charge in [0.2, 0.25) is 0 Å². The summed E-state index contributed by atoms with van der Waals surface area (Å²) in [5, 5.41) is 9.95. The molecular formula is C10H19NO6. The molecule has 0 aliphatic carbocycles. The molecule has 3 N–H and O–H groups in total. The molecule has 0 spiro atoms. The predicted molar refractivity (Wildman–Crippen MR) is 57.2 cm³/mol. The molecule has 1 aliphatic heterocycles. The van der Waals surface area contributed by atoms with Gasteiger partial charge in [-0.25, -0.2) is 4.79 Å². The van der Waals surface area contributed by atoms with Gasteiger partial charge in [0, 0.05) is 14.2 Å². The van der Waals surface area contributed by atoms with Crippen molar-refractivity contribution in [1.82, 2.24) is 0 Å². The van der Waals surface area contributed by atoms with Crippen LogP contribution in [0.15, 0.2) is 0 Å². The lowest BCUT2D eigenvalue weighted by Gasteiger charge is -2.47. The Morgan fingerprint density at radius 1 is 1.35 bits per heavy atom. The van der Waals surface area contributed by atoms with E-state index >= 15 is 0 Å². The molecule has 1 rings (SSSR count). The van der Waals surface area contributed by atoms with E-state index in [2.05, 4.69) is 0 Å². The van der Waals surface area contributed by atoms with Crippen LogP contribution in [-0.2, 0) is 18.9 Å². The molecular weight excluding hydrogens is 230 g/mol. The number of methoxy groups -OCH3 is 2. The average molecular weight is 249 g/mol. The van der Waals surface area contributed by atoms with E-state index in [1.54, 1.807) is 13.8 Å². The molecule has 1 amide bonds. The number of aliphatic hydroxyl groups is 1. The summed E-state index contributed by atoms with van der Waals surface area (Å²) in [6.07, 6.45) is -4.63. The molecule has 1 aliphatic rings. The zero-order chi connectivity index (χ0) is 13.2. The summed E-state index contributed by atoms with van der Waals surface area (Å²) in [5.74, 6) is 0. The molecule has 1 fully saturated rings. The maximum atomic E-state index is 10.8. The van der Waals surface area contributed by atoms with E-state index in [-0.39, 0.29) is 0 Å². The third-order valence-electron chi connectivity index (χ3n) is 2.76. The number of hydrogen-bond donors (Lipinski definition) is 2. The van der Waals surface area contributed by atoms with Gasteiger partial charge < -0.3 is 29.8 Å². The number of ether oxygens (including phenoxy) is 4. The smallest absolute Gasteiger partial charge is 0.404 e. The van der Waals surface area contributed by atoms with Gasteiger partial charge >= 0.3 is 6.09 Å². The molecule has 7 nitrogen and oxygen atoms in total. The van der Waals surface area contributed by atoms with Crippen molar-refractivity contribution >= 4 is 6.09 Å². The van der Waals surface area contributed by atoms with Crippen molar-refractivity contribution in [2.45, 2.75) is 44.1 Å². The molecule has 17 heavy (non-hydrogen) atoms. The normalized spacial score (nSPS) is 36.5. The number of carbonyl (C=O) groups excluding carboxylic acids is 1. The molecule has 0 saturated carbocycles. The summed E-state index contributed by atoms with van der Waals surface area (Å²) < 4.78 is 20.6. The van der Waals surface area contributed by atoms with Crippen LogP contribution in [0.3, 0.4) is 0 Å². The Morgan fingerprint density at radius 2 is 1.94 bits per heavy atom. The van der Waals surface area contributed by atoms with E-state index in [1.807, 2.05) is 0 Å². The first-order valence-electron chi connectivity index (χ1n) is 5.21. The minimum Gasteiger partial charge on any atom is -0.441 e. The second-order valence-corrected chi connectivity index (χ2v) is 4.37. The van der Waals surface area contributed by atoms with Gasteiger partial charge in [0.15, 0.2) is 12.4 Å². The Balaban J connectivity index is 2.96. The number of hydrogen-bond acceptors (Lipinski definition) is 6. The summed E-state index contributed by atoms with van der Waals surface area (Å²) in [6.45, 7) is 3.49. The van der Waals surface area contributed by atoms with Gasteiger partial charge in [-0.1, -0.05) is 0 Å². The van der Waals surface area contributed by atoms with E-state index in [0.29, 0.717) is 0 Å². The minimum atomic E-state index is -1.16. The van der Waals surface area contributed by atoms with Crippen molar-refractivity contribution in [3.8, 4) is 0 Å². The minimum absolute atomic E-state index is 0.642. The highest BCUT2D eigenvalue weighted by Crippen LogP contribution is 2.33. The number of carbonyl (C=O) groups is 1. The highest BCUT2D eigenvalue weighted by molar-refractivity contribution is 5.65. The van der Waals surface area contributed by atoms with Crippen molar-refractivity contribution < 1.29 is 28.8 Å². The maximum absolute atomic E-state index is 10.8. The molecule has 0 radical (unpaired) electrons. The molecule has 0 aromatic carbocycles. The van der Waals surface area contributed by atoms with Crippen LogP contribution in [0.2, 0.25) is 0 Å². The Morgan fingerprint density at radius 3 is 2.35 bits per heavy atom. The van der Waals surface area contributed by atoms with Crippen molar-refractivity contribution in [2.75, 3.05) is 14.2 Å². The molecule has 0 aromatic heterocycles. The van der Waals surface area contributed by atoms with E-state index in [4.69, 9.17) is 24.7 Å². The third kappa shape index (κ3) is 2.86. The van der Waals surface area contributed by atoms with Gasteiger partial charge in [0.05, 0.1) is 5.60 Å². The van der Waals surface area contributed by atoms with Gasteiger partial charge in [-0.05, 0) is 13.8 Å². The zero-order valence-electron chi connectivity index (χ0n) is 10.4. The van der Waals surface area contributed by atoms with Crippen LogP contribution < -0.4 is 5.73 Å². The van der Waals surface area contributed by atoms with Crippen LogP contribution in [0.4, 0.5) is 4.79 Å². The molecule has 2 unspecified atom stereocenters. The maximum Gasteiger partial charge on any atom is 0.404 e. The standard InChI is InChI=1S/C10H19NO6/c1-10(2)7(14-3)6(16-9(11)13)5(12)8(15-4)17-10/h5-8,12H,1-4H3,(H2,11,13)/t5-,6?,7+,8?/m0/s1. The molecule has 1 heterocycles. The second kappa shape index (κ2) is 5.18. The van der Waals surface area contributed by atoms with Crippen molar-refractivity contribution in [1.29, 1.82) is 0 Å². The monoisotopic (exact) mass is 249 g/mol. The number of primary amides is 1. The van der Waals surface area contributed by atoms with Gasteiger partial charge in [0.1, 0.15) is 12.2 Å². The zero-order valence-corrected chi connectivity index (χ0v) is 10.4. The van der Waals surface area contributed by atoms with Crippen molar-refractivity contribution in [3.05, 3.63) is 0 Å². The average Bonchev–Trinajstić information content (AvgIpc) is 2.22. The first-order valence-corrected chi connectivity index (χ1v) is 5.21. The summed E-state index contributed by atoms with van der Waals surface area (Å²) in [5.41, 5.74) is 4.19. The number of rotatable bonds is 3. The summed E-state index contributed by atoms with van der Waals surface area (Å²) >= 11 is 0. The Kier molecular flexibility index (Phi) is 4.31. The fraction of sp³-hybridized carbons (Fsp3) is 0.900. The lowest BCUT2D eigenvalue weighted by molar-refractivity contribution is -0.319. The van der Waals surface area contributed by atoms with Gasteiger partial charge in [-0.15, -0.1) is 0 Å². The van der Waals surface area contributed by atoms with E-state index < -0.39 is 36.3 Å². The molecule has 0 aromatic rings. The Hall–Kier alpha value is -0.890. The Labute approximate surface area is 99.8 Å². The van der Waals surface area contributed by atoms with Crippen LogP contribution >= 0.6 is 0 Å². The largest absolute Gasteiger partial charge is 0.441 e. The third-order valence-corrected chi connectivity index (χ3v) is 2.76. The molecule has 1 saturated heterocycles. The van der Waals surface area contributed by atoms with Crippen LogP contribution in [0, 0.1) is 0 Å². The van der Waals surface area contributed by atoms with E-state index in [0.717, 1.165) is 0 Å². The highest BCUT2D eigenvalue weighted by Gasteiger charge is 2.52. The van der Waals surface area contributed by atoms with E-state index in [1.165, 1.54) is 14.2 Å². The van der Waals surface area contributed by atoms with Crippen LogP contribution in [0.1, 0.15) is 13.8 Å². The van der Waals surface area contributed by atoms with Crippen LogP contribution in [0.25, 0.3) is 0 Å². The Bertz CT molecular complexity index is 282. The fourth-order valence-electron chi connectivity index (χ4n) is 2.04. The quantitative estimate of drug-likeness (QED) is 0.706. The van der Waals surface area contributed by atoms with Gasteiger partial charge in [-0.2, -0.15) is 0 Å². The topological polar surface area (TPSA) is 100 Å². The first-order chi connectivity index (χ1) is 7.83. The van der Waals surface area contributed by atoms with Crippen molar-refractivity contribution in [2.24, 2.45) is 5.73 Å². The second-order valence-electron chi connectivity index (χ2n) is 4.37. The van der Waals surface area contributed by atoms with Crippen LogP contribution in [-0.4, -0.2) is 55.6 Å². The summed E-state index contributed by atoms with van der Waals surface area (Å²) in [7, 11) is 2.82. The number of nitrogens with two attached hydrogens (primary N) is 1. The molecule has 7 heteroatoms. The lowest BCUT2D eigenvalue weighted by Crippen LogP contribution is -2.64. The summed E-state index contributed by atoms with van der Waals surface area (Å²) in [4.78, 5) is 10.8. The molecule has 4 atom stereocenters. The molecule has 100 valence electrons. The van der Waals surface area contributed by atoms with Crippen molar-refractivity contribution in [3.63, 3.8) is 0 Å². The van der Waals surface area contributed by atoms with E-state index in [9.17, 15) is 9.90 Å². The summed E-state index contributed by atoms with van der Waals surface area (Å²) in [6, 6.07) is 0.